The molecule has 0 aliphatic heterocycles. The number of amides is 1. The van der Waals surface area contributed by atoms with Crippen molar-refractivity contribution in [3.63, 3.8) is 0 Å². The van der Waals surface area contributed by atoms with Crippen molar-refractivity contribution in [1.82, 2.24) is 20.1 Å². The molecular weight excluding hydrogens is 515 g/mol. The van der Waals surface area contributed by atoms with Crippen molar-refractivity contribution in [1.29, 1.82) is 0 Å². The second-order valence-corrected chi connectivity index (χ2v) is 9.59. The average molecular weight is 537 g/mol. The summed E-state index contributed by atoms with van der Waals surface area (Å²) in [5.74, 6) is -2.40. The predicted molar refractivity (Wildman–Crippen MR) is 127 cm³/mol. The Balaban J connectivity index is 1.61. The lowest BCUT2D eigenvalue weighted by atomic mass is 9.86. The maximum absolute atomic E-state index is 14.7. The molecule has 194 valence electrons. The van der Waals surface area contributed by atoms with Crippen LogP contribution in [0, 0.1) is 18.6 Å². The molecule has 37 heavy (non-hydrogen) atoms. The quantitative estimate of drug-likeness (QED) is 0.314. The van der Waals surface area contributed by atoms with Gasteiger partial charge in [-0.25, -0.2) is 18.4 Å². The van der Waals surface area contributed by atoms with Crippen molar-refractivity contribution in [3.05, 3.63) is 94.4 Å². The highest BCUT2D eigenvalue weighted by molar-refractivity contribution is 7.17. The third kappa shape index (κ3) is 5.54. The molecule has 0 fully saturated rings. The van der Waals surface area contributed by atoms with Crippen LogP contribution in [0.25, 0.3) is 10.4 Å². The summed E-state index contributed by atoms with van der Waals surface area (Å²) in [7, 11) is 0. The SMILES string of the molecule is Cc1cc(-c2ccc(C(F)(F)F)cc2)sc1C(=O)NC(C)C(O)(Cn1cncn1)c1ccc(F)cc1F. The Morgan fingerprint density at radius 2 is 1.84 bits per heavy atom. The topological polar surface area (TPSA) is 80.0 Å². The number of carbonyl (C=O) groups excluding carboxylic acids is 1. The number of aromatic nitrogens is 3. The first kappa shape index (κ1) is 26.4. The number of hydrogen-bond donors (Lipinski definition) is 2. The highest BCUT2D eigenvalue weighted by Gasteiger charge is 2.40. The number of thiophene rings is 1. The number of hydrogen-bond acceptors (Lipinski definition) is 5. The van der Waals surface area contributed by atoms with Crippen LogP contribution >= 0.6 is 11.3 Å². The normalized spacial score (nSPS) is 14.3. The zero-order chi connectivity index (χ0) is 27.0. The third-order valence-corrected chi connectivity index (χ3v) is 7.24. The van der Waals surface area contributed by atoms with Gasteiger partial charge in [0.2, 0.25) is 0 Å². The van der Waals surface area contributed by atoms with E-state index >= 15 is 0 Å². The van der Waals surface area contributed by atoms with Crippen molar-refractivity contribution in [2.24, 2.45) is 0 Å². The summed E-state index contributed by atoms with van der Waals surface area (Å²) in [4.78, 5) is 17.8. The minimum atomic E-state index is -4.46. The van der Waals surface area contributed by atoms with Crippen LogP contribution in [0.5, 0.6) is 0 Å². The van der Waals surface area contributed by atoms with E-state index in [4.69, 9.17) is 0 Å². The van der Waals surface area contributed by atoms with E-state index in [2.05, 4.69) is 15.4 Å². The molecule has 0 aliphatic rings. The minimum absolute atomic E-state index is 0.245. The Labute approximate surface area is 212 Å². The van der Waals surface area contributed by atoms with Crippen LogP contribution in [0.2, 0.25) is 0 Å². The van der Waals surface area contributed by atoms with Crippen molar-refractivity contribution < 1.29 is 31.9 Å². The highest BCUT2D eigenvalue weighted by atomic mass is 32.1. The number of aryl methyl sites for hydroxylation is 1. The van der Waals surface area contributed by atoms with Crippen molar-refractivity contribution in [2.75, 3.05) is 0 Å². The van der Waals surface area contributed by atoms with E-state index in [1.165, 1.54) is 36.4 Å². The molecule has 6 nitrogen and oxygen atoms in total. The van der Waals surface area contributed by atoms with Crippen LogP contribution < -0.4 is 5.32 Å². The summed E-state index contributed by atoms with van der Waals surface area (Å²) in [6.07, 6.45) is -1.93. The first-order valence-corrected chi connectivity index (χ1v) is 11.8. The lowest BCUT2D eigenvalue weighted by Gasteiger charge is -2.35. The molecule has 1 amide bonds. The fraction of sp³-hybridized carbons (Fsp3) is 0.240. The van der Waals surface area contributed by atoms with Gasteiger partial charge < -0.3 is 10.4 Å². The van der Waals surface area contributed by atoms with Gasteiger partial charge in [0.05, 0.1) is 23.0 Å². The van der Waals surface area contributed by atoms with Crippen LogP contribution in [-0.4, -0.2) is 31.8 Å². The van der Waals surface area contributed by atoms with Crippen LogP contribution in [0.15, 0.2) is 61.2 Å². The Morgan fingerprint density at radius 3 is 2.43 bits per heavy atom. The molecule has 4 rings (SSSR count). The molecule has 2 N–H and O–H groups in total. The molecule has 0 saturated carbocycles. The van der Waals surface area contributed by atoms with Gasteiger partial charge in [-0.2, -0.15) is 18.3 Å². The number of alkyl halides is 3. The van der Waals surface area contributed by atoms with Gasteiger partial charge in [0.15, 0.2) is 0 Å². The van der Waals surface area contributed by atoms with Gasteiger partial charge in [0.1, 0.15) is 29.9 Å². The molecule has 12 heteroatoms. The molecule has 0 saturated heterocycles. The fourth-order valence-corrected chi connectivity index (χ4v) is 4.99. The standard InChI is InChI=1S/C25H21F5N4O2S/c1-14-9-21(16-3-5-17(6-4-16)25(28,29)30)37-22(14)23(35)33-15(2)24(36,11-34-13-31-12-32-34)19-8-7-18(26)10-20(19)27/h3-10,12-13,15,36H,11H2,1-2H3,(H,33,35). The molecule has 4 aromatic rings. The third-order valence-electron chi connectivity index (χ3n) is 5.95. The summed E-state index contributed by atoms with van der Waals surface area (Å²) in [6.45, 7) is 2.85. The Morgan fingerprint density at radius 1 is 1.14 bits per heavy atom. The number of carbonyl (C=O) groups is 1. The van der Waals surface area contributed by atoms with E-state index in [0.29, 0.717) is 22.1 Å². The van der Waals surface area contributed by atoms with Gasteiger partial charge in [-0.05, 0) is 49.2 Å². The summed E-state index contributed by atoms with van der Waals surface area (Å²) in [5.41, 5.74) is -1.99. The Hall–Kier alpha value is -3.64. The van der Waals surface area contributed by atoms with Crippen molar-refractivity contribution in [2.45, 2.75) is 38.2 Å². The van der Waals surface area contributed by atoms with Crippen LogP contribution in [0.3, 0.4) is 0 Å². The monoisotopic (exact) mass is 536 g/mol. The van der Waals surface area contributed by atoms with Gasteiger partial charge in [0.25, 0.3) is 5.91 Å². The maximum atomic E-state index is 14.7. The number of aliphatic hydroxyl groups is 1. The second-order valence-electron chi connectivity index (χ2n) is 8.53. The van der Waals surface area contributed by atoms with E-state index in [-0.39, 0.29) is 17.0 Å². The van der Waals surface area contributed by atoms with Gasteiger partial charge >= 0.3 is 6.18 Å². The van der Waals surface area contributed by atoms with Crippen molar-refractivity contribution in [3.8, 4) is 10.4 Å². The smallest absolute Gasteiger partial charge is 0.381 e. The van der Waals surface area contributed by atoms with E-state index in [1.54, 1.807) is 13.0 Å². The van der Waals surface area contributed by atoms with Crippen LogP contribution in [-0.2, 0) is 18.3 Å². The van der Waals surface area contributed by atoms with Gasteiger partial charge in [0, 0.05) is 16.5 Å². The second kappa shape index (κ2) is 10.0. The van der Waals surface area contributed by atoms with E-state index in [0.717, 1.165) is 35.6 Å². The summed E-state index contributed by atoms with van der Waals surface area (Å²) >= 11 is 1.07. The molecule has 0 bridgehead atoms. The highest BCUT2D eigenvalue weighted by Crippen LogP contribution is 2.35. The van der Waals surface area contributed by atoms with E-state index in [9.17, 15) is 31.9 Å². The summed E-state index contributed by atoms with van der Waals surface area (Å²) in [5, 5.41) is 18.2. The molecule has 2 aromatic carbocycles. The zero-order valence-electron chi connectivity index (χ0n) is 19.6. The number of rotatable bonds is 7. The van der Waals surface area contributed by atoms with Gasteiger partial charge in [-0.15, -0.1) is 11.3 Å². The van der Waals surface area contributed by atoms with Gasteiger partial charge in [-0.1, -0.05) is 18.2 Å². The number of halogens is 5. The predicted octanol–water partition coefficient (Wildman–Crippen LogP) is 5.32. The lowest BCUT2D eigenvalue weighted by Crippen LogP contribution is -2.51. The Kier molecular flexibility index (Phi) is 7.16. The molecule has 0 radical (unpaired) electrons. The first-order chi connectivity index (χ1) is 17.4. The van der Waals surface area contributed by atoms with Crippen LogP contribution in [0.4, 0.5) is 22.0 Å². The molecule has 2 unspecified atom stereocenters. The van der Waals surface area contributed by atoms with Crippen molar-refractivity contribution >= 4 is 17.2 Å². The lowest BCUT2D eigenvalue weighted by molar-refractivity contribution is -0.137. The molecular formula is C25H21F5N4O2S. The molecule has 0 aliphatic carbocycles. The largest absolute Gasteiger partial charge is 0.416 e. The summed E-state index contributed by atoms with van der Waals surface area (Å²) < 4.78 is 68.2. The Bertz CT molecular complexity index is 1400. The maximum Gasteiger partial charge on any atom is 0.416 e. The number of nitrogens with one attached hydrogen (secondary N) is 1. The summed E-state index contributed by atoms with van der Waals surface area (Å²) in [6, 6.07) is 7.91. The first-order valence-electron chi connectivity index (χ1n) is 11.0. The molecule has 0 spiro atoms. The molecule has 2 heterocycles. The van der Waals surface area contributed by atoms with E-state index in [1.807, 2.05) is 0 Å². The zero-order valence-corrected chi connectivity index (χ0v) is 20.4. The average Bonchev–Trinajstić information content (AvgIpc) is 3.47. The number of nitrogens with zero attached hydrogens (tertiary/aromatic N) is 3. The van der Waals surface area contributed by atoms with Crippen LogP contribution in [0.1, 0.15) is 33.3 Å². The van der Waals surface area contributed by atoms with E-state index < -0.39 is 40.9 Å². The molecule has 2 aromatic heterocycles. The number of benzene rings is 2. The van der Waals surface area contributed by atoms with Gasteiger partial charge in [-0.3, -0.25) is 4.79 Å². The fourth-order valence-electron chi connectivity index (χ4n) is 3.91. The molecule has 2 atom stereocenters. The minimum Gasteiger partial charge on any atom is -0.381 e.